The molecule has 0 aliphatic carbocycles. The largest absolute Gasteiger partial charge is 0.494 e. The first kappa shape index (κ1) is 14.5. The predicted molar refractivity (Wildman–Crippen MR) is 78.7 cm³/mol. The van der Waals surface area contributed by atoms with Crippen LogP contribution < -0.4 is 10.1 Å². The molecule has 0 saturated heterocycles. The molecule has 5 nitrogen and oxygen atoms in total. The van der Waals surface area contributed by atoms with Crippen LogP contribution >= 0.6 is 0 Å². The maximum atomic E-state index is 5.62. The lowest BCUT2D eigenvalue weighted by molar-refractivity contribution is 0.335. The van der Waals surface area contributed by atoms with Crippen molar-refractivity contribution in [1.29, 1.82) is 0 Å². The highest BCUT2D eigenvalue weighted by Crippen LogP contribution is 2.18. The van der Waals surface area contributed by atoms with Crippen molar-refractivity contribution in [1.82, 2.24) is 20.3 Å². The average molecular weight is 274 g/mol. The number of nitrogens with zero attached hydrogens (tertiary/aromatic N) is 3. The third-order valence-electron chi connectivity index (χ3n) is 2.92. The minimum absolute atomic E-state index is 0.667. The van der Waals surface area contributed by atoms with Gasteiger partial charge in [-0.15, -0.1) is 5.10 Å². The van der Waals surface area contributed by atoms with E-state index in [4.69, 9.17) is 4.74 Å². The molecular weight excluding hydrogens is 252 g/mol. The van der Waals surface area contributed by atoms with Crippen molar-refractivity contribution in [2.75, 3.05) is 13.2 Å². The van der Waals surface area contributed by atoms with E-state index in [1.807, 2.05) is 36.0 Å². The zero-order chi connectivity index (χ0) is 14.2. The van der Waals surface area contributed by atoms with Crippen molar-refractivity contribution in [2.24, 2.45) is 0 Å². The van der Waals surface area contributed by atoms with Crippen molar-refractivity contribution < 1.29 is 4.74 Å². The molecule has 1 heterocycles. The molecule has 20 heavy (non-hydrogen) atoms. The van der Waals surface area contributed by atoms with Gasteiger partial charge in [-0.05, 0) is 26.0 Å². The summed E-state index contributed by atoms with van der Waals surface area (Å²) in [6.45, 7) is 7.25. The highest BCUT2D eigenvalue weighted by molar-refractivity contribution is 5.33. The number of benzene rings is 1. The lowest BCUT2D eigenvalue weighted by Crippen LogP contribution is -2.13. The molecule has 0 saturated carbocycles. The molecule has 5 heteroatoms. The summed E-state index contributed by atoms with van der Waals surface area (Å²) in [5.41, 5.74) is 2.08. The molecule has 1 aromatic carbocycles. The molecule has 108 valence electrons. The fourth-order valence-electron chi connectivity index (χ4n) is 2.00. The van der Waals surface area contributed by atoms with Crippen molar-refractivity contribution in [3.05, 3.63) is 41.7 Å². The minimum atomic E-state index is 0.667. The van der Waals surface area contributed by atoms with Crippen LogP contribution in [0.15, 0.2) is 30.5 Å². The summed E-state index contributed by atoms with van der Waals surface area (Å²) in [4.78, 5) is 0. The van der Waals surface area contributed by atoms with Crippen LogP contribution in [-0.2, 0) is 13.1 Å². The van der Waals surface area contributed by atoms with Gasteiger partial charge in [0.25, 0.3) is 0 Å². The predicted octanol–water partition coefficient (Wildman–Crippen LogP) is 2.22. The maximum Gasteiger partial charge on any atom is 0.124 e. The second kappa shape index (κ2) is 7.65. The van der Waals surface area contributed by atoms with Crippen LogP contribution in [0.5, 0.6) is 5.75 Å². The Labute approximate surface area is 120 Å². The van der Waals surface area contributed by atoms with Gasteiger partial charge in [-0.1, -0.05) is 30.3 Å². The monoisotopic (exact) mass is 274 g/mol. The van der Waals surface area contributed by atoms with Crippen LogP contribution in [0.25, 0.3) is 0 Å². The normalized spacial score (nSPS) is 10.7. The smallest absolute Gasteiger partial charge is 0.124 e. The molecule has 0 atom stereocenters. The molecule has 0 spiro atoms. The number of rotatable bonds is 8. The number of hydrogen-bond acceptors (Lipinski definition) is 4. The summed E-state index contributed by atoms with van der Waals surface area (Å²) in [6, 6.07) is 8.04. The van der Waals surface area contributed by atoms with E-state index < -0.39 is 0 Å². The first-order valence-electron chi connectivity index (χ1n) is 7.14. The number of hydrogen-bond donors (Lipinski definition) is 1. The van der Waals surface area contributed by atoms with Gasteiger partial charge in [0.15, 0.2) is 0 Å². The fourth-order valence-corrected chi connectivity index (χ4v) is 2.00. The van der Waals surface area contributed by atoms with Gasteiger partial charge >= 0.3 is 0 Å². The number of ether oxygens (including phenoxy) is 1. The van der Waals surface area contributed by atoms with Gasteiger partial charge in [0.05, 0.1) is 25.0 Å². The van der Waals surface area contributed by atoms with Gasteiger partial charge in [0, 0.05) is 12.1 Å². The van der Waals surface area contributed by atoms with Crippen molar-refractivity contribution in [3.63, 3.8) is 0 Å². The molecule has 1 N–H and O–H groups in total. The zero-order valence-corrected chi connectivity index (χ0v) is 12.2. The Morgan fingerprint density at radius 3 is 2.90 bits per heavy atom. The molecular formula is C15H22N4O. The molecule has 0 radical (unpaired) electrons. The Hall–Kier alpha value is -1.88. The zero-order valence-electron chi connectivity index (χ0n) is 12.2. The first-order chi connectivity index (χ1) is 9.83. The Bertz CT molecular complexity index is 524. The molecule has 0 bridgehead atoms. The highest BCUT2D eigenvalue weighted by Gasteiger charge is 2.05. The molecule has 1 aromatic heterocycles. The Morgan fingerprint density at radius 1 is 1.25 bits per heavy atom. The first-order valence-corrected chi connectivity index (χ1v) is 7.14. The van der Waals surface area contributed by atoms with Gasteiger partial charge in [0.2, 0.25) is 0 Å². The van der Waals surface area contributed by atoms with Gasteiger partial charge in [-0.3, -0.25) is 0 Å². The SMILES string of the molecule is CCCNCc1cn(Cc2ccccc2OCC)nn1. The minimum Gasteiger partial charge on any atom is -0.494 e. The van der Waals surface area contributed by atoms with E-state index in [0.29, 0.717) is 13.2 Å². The summed E-state index contributed by atoms with van der Waals surface area (Å²) in [7, 11) is 0. The molecule has 0 aliphatic heterocycles. The van der Waals surface area contributed by atoms with Crippen LogP contribution in [0.1, 0.15) is 31.5 Å². The van der Waals surface area contributed by atoms with E-state index in [-0.39, 0.29) is 0 Å². The molecule has 2 rings (SSSR count). The quantitative estimate of drug-likeness (QED) is 0.750. The summed E-state index contributed by atoms with van der Waals surface area (Å²) in [6.07, 6.45) is 3.10. The molecule has 0 unspecified atom stereocenters. The van der Waals surface area contributed by atoms with E-state index in [1.54, 1.807) is 0 Å². The Balaban J connectivity index is 1.99. The van der Waals surface area contributed by atoms with Gasteiger partial charge in [-0.2, -0.15) is 0 Å². The van der Waals surface area contributed by atoms with Crippen LogP contribution in [0.4, 0.5) is 0 Å². The third kappa shape index (κ3) is 4.06. The summed E-state index contributed by atoms with van der Waals surface area (Å²) in [5.74, 6) is 0.913. The lowest BCUT2D eigenvalue weighted by Gasteiger charge is -2.09. The van der Waals surface area contributed by atoms with Crippen molar-refractivity contribution in [2.45, 2.75) is 33.4 Å². The van der Waals surface area contributed by atoms with Crippen LogP contribution in [0.3, 0.4) is 0 Å². The van der Waals surface area contributed by atoms with Crippen LogP contribution in [-0.4, -0.2) is 28.1 Å². The second-order valence-corrected chi connectivity index (χ2v) is 4.62. The topological polar surface area (TPSA) is 52.0 Å². The van der Waals surface area contributed by atoms with E-state index in [1.165, 1.54) is 0 Å². The summed E-state index contributed by atoms with van der Waals surface area (Å²) >= 11 is 0. The van der Waals surface area contributed by atoms with Gasteiger partial charge < -0.3 is 10.1 Å². The van der Waals surface area contributed by atoms with E-state index in [0.717, 1.165) is 36.5 Å². The standard InChI is InChI=1S/C15H22N4O/c1-3-9-16-10-14-12-19(18-17-14)11-13-7-5-6-8-15(13)20-4-2/h5-8,12,16H,3-4,9-11H2,1-2H3. The van der Waals surface area contributed by atoms with E-state index in [2.05, 4.69) is 28.6 Å². The van der Waals surface area contributed by atoms with Crippen LogP contribution in [0, 0.1) is 0 Å². The van der Waals surface area contributed by atoms with Gasteiger partial charge in [0.1, 0.15) is 5.75 Å². The highest BCUT2D eigenvalue weighted by atomic mass is 16.5. The molecule has 0 aliphatic rings. The summed E-state index contributed by atoms with van der Waals surface area (Å²) in [5, 5.41) is 11.7. The van der Waals surface area contributed by atoms with Crippen molar-refractivity contribution >= 4 is 0 Å². The number of para-hydroxylation sites is 1. The fraction of sp³-hybridized carbons (Fsp3) is 0.467. The maximum absolute atomic E-state index is 5.62. The molecule has 2 aromatic rings. The van der Waals surface area contributed by atoms with E-state index >= 15 is 0 Å². The molecule has 0 fully saturated rings. The average Bonchev–Trinajstić information content (AvgIpc) is 2.89. The Morgan fingerprint density at radius 2 is 2.10 bits per heavy atom. The third-order valence-corrected chi connectivity index (χ3v) is 2.92. The number of aromatic nitrogens is 3. The Kier molecular flexibility index (Phi) is 5.55. The summed E-state index contributed by atoms with van der Waals surface area (Å²) < 4.78 is 7.47. The lowest BCUT2D eigenvalue weighted by atomic mass is 10.2. The van der Waals surface area contributed by atoms with E-state index in [9.17, 15) is 0 Å². The molecule has 0 amide bonds. The van der Waals surface area contributed by atoms with Crippen molar-refractivity contribution in [3.8, 4) is 5.75 Å². The number of nitrogens with one attached hydrogen (secondary N) is 1. The second-order valence-electron chi connectivity index (χ2n) is 4.62. The van der Waals surface area contributed by atoms with Crippen LogP contribution in [0.2, 0.25) is 0 Å². The van der Waals surface area contributed by atoms with Gasteiger partial charge in [-0.25, -0.2) is 4.68 Å².